The maximum atomic E-state index is 3.72. The number of aliphatic imine (C=N–C) groups is 1. The summed E-state index contributed by atoms with van der Waals surface area (Å²) in [6, 6.07) is 0. The molecule has 0 bridgehead atoms. The van der Waals surface area contributed by atoms with Gasteiger partial charge >= 0.3 is 0 Å². The predicted octanol–water partition coefficient (Wildman–Crippen LogP) is 2.17. The zero-order valence-corrected chi connectivity index (χ0v) is 5.44. The molecule has 1 nitrogen and oxygen atoms in total. The Hall–Kier alpha value is -0.850. The first-order valence-electron chi connectivity index (χ1n) is 2.47. The van der Waals surface area contributed by atoms with Crippen molar-refractivity contribution in [2.45, 2.75) is 13.8 Å². The third-order valence-corrected chi connectivity index (χ3v) is 0.958. The van der Waals surface area contributed by atoms with Gasteiger partial charge in [-0.3, -0.25) is 4.99 Å². The van der Waals surface area contributed by atoms with E-state index in [4.69, 9.17) is 0 Å². The average molecular weight is 109 g/mol. The third kappa shape index (κ3) is 2.35. The van der Waals surface area contributed by atoms with Crippen molar-refractivity contribution in [3.8, 4) is 0 Å². The highest BCUT2D eigenvalue weighted by Gasteiger charge is 1.83. The monoisotopic (exact) mass is 109 g/mol. The van der Waals surface area contributed by atoms with Gasteiger partial charge in [-0.15, -0.1) is 0 Å². The molecule has 0 aromatic rings. The minimum atomic E-state index is 1.04. The Morgan fingerprint density at radius 3 is 2.12 bits per heavy atom. The molecule has 44 valence electrons. The Morgan fingerprint density at radius 1 is 1.50 bits per heavy atom. The summed E-state index contributed by atoms with van der Waals surface area (Å²) in [5.74, 6) is 0. The summed E-state index contributed by atoms with van der Waals surface area (Å²) >= 11 is 0. The van der Waals surface area contributed by atoms with Crippen LogP contribution in [0, 0.1) is 0 Å². The first-order chi connectivity index (χ1) is 3.68. The van der Waals surface area contributed by atoms with Gasteiger partial charge in [0.2, 0.25) is 0 Å². The van der Waals surface area contributed by atoms with E-state index in [0.29, 0.717) is 0 Å². The molecule has 0 aliphatic carbocycles. The van der Waals surface area contributed by atoms with Crippen LogP contribution >= 0.6 is 0 Å². The fourth-order valence-electron chi connectivity index (χ4n) is 0.247. The molecule has 0 N–H and O–H groups in total. The summed E-state index contributed by atoms with van der Waals surface area (Å²) in [6.45, 7) is 10.9. The van der Waals surface area contributed by atoms with Crippen LogP contribution in [0.1, 0.15) is 13.8 Å². The topological polar surface area (TPSA) is 12.4 Å². The Kier molecular flexibility index (Phi) is 2.85. The summed E-state index contributed by atoms with van der Waals surface area (Å²) in [7, 11) is 0. The van der Waals surface area contributed by atoms with Crippen LogP contribution in [0.2, 0.25) is 0 Å². The summed E-state index contributed by atoms with van der Waals surface area (Å²) in [5, 5.41) is 0. The van der Waals surface area contributed by atoms with Crippen molar-refractivity contribution < 1.29 is 0 Å². The Labute approximate surface area is 50.4 Å². The summed E-state index contributed by atoms with van der Waals surface area (Å²) in [4.78, 5) is 3.58. The quantitative estimate of drug-likeness (QED) is 0.380. The molecule has 0 unspecified atom stereocenters. The molecule has 0 rings (SSSR count). The third-order valence-electron chi connectivity index (χ3n) is 0.958. The van der Waals surface area contributed by atoms with Crippen LogP contribution < -0.4 is 0 Å². The number of allylic oxidation sites excluding steroid dienone is 2. The van der Waals surface area contributed by atoms with Gasteiger partial charge in [0.25, 0.3) is 0 Å². The van der Waals surface area contributed by atoms with Crippen LogP contribution in [0.15, 0.2) is 28.9 Å². The molecule has 0 aliphatic rings. The molecule has 1 heteroatoms. The molecule has 0 saturated carbocycles. The molecule has 0 fully saturated rings. The molecule has 0 atom stereocenters. The molecule has 0 saturated heterocycles. The van der Waals surface area contributed by atoms with Crippen LogP contribution in [0.3, 0.4) is 0 Å². The van der Waals surface area contributed by atoms with E-state index in [9.17, 15) is 0 Å². The Bertz CT molecular complexity index is 131. The van der Waals surface area contributed by atoms with Crippen molar-refractivity contribution in [1.29, 1.82) is 0 Å². The highest BCUT2D eigenvalue weighted by Crippen LogP contribution is 2.03. The van der Waals surface area contributed by atoms with Gasteiger partial charge in [0.1, 0.15) is 0 Å². The lowest BCUT2D eigenvalue weighted by Gasteiger charge is -1.92. The number of hydrogen-bond acceptors (Lipinski definition) is 1. The van der Waals surface area contributed by atoms with Crippen molar-refractivity contribution in [3.05, 3.63) is 23.9 Å². The van der Waals surface area contributed by atoms with Crippen LogP contribution in [0.5, 0.6) is 0 Å². The number of nitrogens with zero attached hydrogens (tertiary/aromatic N) is 1. The van der Waals surface area contributed by atoms with Crippen molar-refractivity contribution in [2.75, 3.05) is 0 Å². The van der Waals surface area contributed by atoms with Gasteiger partial charge in [0, 0.05) is 6.20 Å². The van der Waals surface area contributed by atoms with Gasteiger partial charge in [-0.25, -0.2) is 0 Å². The van der Waals surface area contributed by atoms with E-state index >= 15 is 0 Å². The van der Waals surface area contributed by atoms with E-state index in [1.807, 2.05) is 13.8 Å². The lowest BCUT2D eigenvalue weighted by molar-refractivity contribution is 1.33. The molecule has 0 radical (unpaired) electrons. The number of hydrogen-bond donors (Lipinski definition) is 0. The van der Waals surface area contributed by atoms with Crippen molar-refractivity contribution >= 4 is 6.72 Å². The normalized spacial score (nSPS) is 11.0. The lowest BCUT2D eigenvalue weighted by Crippen LogP contribution is -1.72. The Balaban J connectivity index is 3.99. The van der Waals surface area contributed by atoms with Gasteiger partial charge in [-0.05, 0) is 26.1 Å². The number of rotatable bonds is 2. The average Bonchev–Trinajstić information content (AvgIpc) is 1.67. The van der Waals surface area contributed by atoms with Crippen LogP contribution in [-0.4, -0.2) is 6.72 Å². The molecule has 8 heavy (non-hydrogen) atoms. The second-order valence-corrected chi connectivity index (χ2v) is 1.78. The highest BCUT2D eigenvalue weighted by molar-refractivity contribution is 5.30. The predicted molar refractivity (Wildman–Crippen MR) is 38.1 cm³/mol. The minimum absolute atomic E-state index is 1.04. The smallest absolute Gasteiger partial charge is 0.0292 e. The first-order valence-corrected chi connectivity index (χ1v) is 2.47. The maximum absolute atomic E-state index is 3.72. The molecule has 0 aromatic heterocycles. The lowest BCUT2D eigenvalue weighted by atomic mass is 10.2. The summed E-state index contributed by atoms with van der Waals surface area (Å²) in [6.07, 6.45) is 1.70. The molecule has 0 aromatic carbocycles. The van der Waals surface area contributed by atoms with Gasteiger partial charge in [0.05, 0.1) is 0 Å². The van der Waals surface area contributed by atoms with Gasteiger partial charge < -0.3 is 0 Å². The van der Waals surface area contributed by atoms with Crippen molar-refractivity contribution in [2.24, 2.45) is 4.99 Å². The zero-order valence-electron chi connectivity index (χ0n) is 5.44. The molecule has 0 spiro atoms. The second kappa shape index (κ2) is 3.19. The SMILES string of the molecule is C=N/C=C(/C)C(=C)C. The standard InChI is InChI=1S/C7H11N/c1-6(2)7(3)5-8-4/h5H,1,4H2,2-3H3/b7-5-. The Morgan fingerprint density at radius 2 is 2.00 bits per heavy atom. The van der Waals surface area contributed by atoms with E-state index in [0.717, 1.165) is 11.1 Å². The van der Waals surface area contributed by atoms with E-state index in [-0.39, 0.29) is 0 Å². The molecule has 0 heterocycles. The summed E-state index contributed by atoms with van der Waals surface area (Å²) in [5.41, 5.74) is 2.12. The molecule has 0 amide bonds. The summed E-state index contributed by atoms with van der Waals surface area (Å²) < 4.78 is 0. The second-order valence-electron chi connectivity index (χ2n) is 1.78. The fourth-order valence-corrected chi connectivity index (χ4v) is 0.247. The van der Waals surface area contributed by atoms with E-state index in [1.165, 1.54) is 0 Å². The molecular formula is C7H11N. The van der Waals surface area contributed by atoms with Gasteiger partial charge in [-0.2, -0.15) is 0 Å². The molecule has 0 aliphatic heterocycles. The van der Waals surface area contributed by atoms with E-state index in [1.54, 1.807) is 6.20 Å². The van der Waals surface area contributed by atoms with Crippen molar-refractivity contribution in [1.82, 2.24) is 0 Å². The zero-order chi connectivity index (χ0) is 6.57. The minimum Gasteiger partial charge on any atom is -0.272 e. The van der Waals surface area contributed by atoms with E-state index in [2.05, 4.69) is 18.3 Å². The van der Waals surface area contributed by atoms with Gasteiger partial charge in [0.15, 0.2) is 0 Å². The van der Waals surface area contributed by atoms with Crippen molar-refractivity contribution in [3.63, 3.8) is 0 Å². The van der Waals surface area contributed by atoms with Crippen LogP contribution in [-0.2, 0) is 0 Å². The largest absolute Gasteiger partial charge is 0.272 e. The fraction of sp³-hybridized carbons (Fsp3) is 0.286. The highest BCUT2D eigenvalue weighted by atomic mass is 14.6. The first kappa shape index (κ1) is 7.15. The van der Waals surface area contributed by atoms with Gasteiger partial charge in [-0.1, -0.05) is 12.2 Å². The van der Waals surface area contributed by atoms with E-state index < -0.39 is 0 Å². The molecular weight excluding hydrogens is 98.1 g/mol. The van der Waals surface area contributed by atoms with Crippen LogP contribution in [0.4, 0.5) is 0 Å². The maximum Gasteiger partial charge on any atom is 0.0292 e. The van der Waals surface area contributed by atoms with Crippen LogP contribution in [0.25, 0.3) is 0 Å².